The summed E-state index contributed by atoms with van der Waals surface area (Å²) in [5.41, 5.74) is 6.23. The molecule has 0 aromatic carbocycles. The van der Waals surface area contributed by atoms with E-state index in [2.05, 4.69) is 0 Å². The summed E-state index contributed by atoms with van der Waals surface area (Å²) in [5.74, 6) is -0.0191. The van der Waals surface area contributed by atoms with Gasteiger partial charge in [0.2, 0.25) is 11.5 Å². The lowest BCUT2D eigenvalue weighted by Gasteiger charge is -1.94. The highest BCUT2D eigenvalue weighted by molar-refractivity contribution is 5.99. The van der Waals surface area contributed by atoms with Crippen molar-refractivity contribution in [2.24, 2.45) is 12.8 Å². The number of ketones is 1. The lowest BCUT2D eigenvalue weighted by atomic mass is 10.3. The molecule has 0 radical (unpaired) electrons. The van der Waals surface area contributed by atoms with E-state index in [9.17, 15) is 9.59 Å². The molecule has 5 heteroatoms. The number of aldehydes is 1. The summed E-state index contributed by atoms with van der Waals surface area (Å²) in [6.07, 6.45) is 0.736. The van der Waals surface area contributed by atoms with Gasteiger partial charge in [0, 0.05) is 12.4 Å². The molecule has 15 heavy (non-hydrogen) atoms. The molecule has 0 saturated carbocycles. The van der Waals surface area contributed by atoms with Crippen LogP contribution < -0.4 is 5.73 Å². The standard InChI is InChI=1S/C10H10N2O3/c1-12-7(5-13)2-6-3-9(8(14)4-11)15-10(6)12/h2-3,5H,4,11H2,1H3. The van der Waals surface area contributed by atoms with Gasteiger partial charge < -0.3 is 14.7 Å². The van der Waals surface area contributed by atoms with Gasteiger partial charge in [-0.1, -0.05) is 0 Å². The van der Waals surface area contributed by atoms with E-state index < -0.39 is 0 Å². The normalized spacial score (nSPS) is 10.8. The van der Waals surface area contributed by atoms with Crippen LogP contribution in [0, 0.1) is 0 Å². The Kier molecular flexibility index (Phi) is 2.17. The number of aryl methyl sites for hydroxylation is 1. The molecule has 0 amide bonds. The van der Waals surface area contributed by atoms with Gasteiger partial charge in [-0.25, -0.2) is 0 Å². The van der Waals surface area contributed by atoms with Gasteiger partial charge in [0.05, 0.1) is 12.2 Å². The van der Waals surface area contributed by atoms with Gasteiger partial charge in [-0.15, -0.1) is 0 Å². The molecule has 78 valence electrons. The summed E-state index contributed by atoms with van der Waals surface area (Å²) in [6.45, 7) is -0.0830. The van der Waals surface area contributed by atoms with E-state index in [4.69, 9.17) is 10.2 Å². The molecule has 2 rings (SSSR count). The van der Waals surface area contributed by atoms with Crippen molar-refractivity contribution in [2.45, 2.75) is 0 Å². The van der Waals surface area contributed by atoms with Crippen molar-refractivity contribution in [1.82, 2.24) is 4.57 Å². The minimum atomic E-state index is -0.251. The van der Waals surface area contributed by atoms with Gasteiger partial charge in [-0.2, -0.15) is 0 Å². The van der Waals surface area contributed by atoms with Crippen molar-refractivity contribution in [3.8, 4) is 0 Å². The number of aromatic nitrogens is 1. The van der Waals surface area contributed by atoms with Crippen LogP contribution in [0.25, 0.3) is 11.1 Å². The van der Waals surface area contributed by atoms with Crippen LogP contribution in [0.4, 0.5) is 0 Å². The van der Waals surface area contributed by atoms with Gasteiger partial charge in [-0.05, 0) is 12.1 Å². The van der Waals surface area contributed by atoms with Crippen LogP contribution in [0.3, 0.4) is 0 Å². The number of rotatable bonds is 3. The van der Waals surface area contributed by atoms with Crippen LogP contribution in [0.5, 0.6) is 0 Å². The highest BCUT2D eigenvalue weighted by Crippen LogP contribution is 2.22. The minimum Gasteiger partial charge on any atom is -0.436 e. The van der Waals surface area contributed by atoms with Crippen LogP contribution in [0.1, 0.15) is 21.0 Å². The molecule has 2 heterocycles. The third-order valence-corrected chi connectivity index (χ3v) is 2.32. The quantitative estimate of drug-likeness (QED) is 0.593. The maximum absolute atomic E-state index is 11.2. The van der Waals surface area contributed by atoms with Gasteiger partial charge in [0.25, 0.3) is 0 Å². The second-order valence-electron chi connectivity index (χ2n) is 3.24. The lowest BCUT2D eigenvalue weighted by molar-refractivity contribution is 0.0976. The third-order valence-electron chi connectivity index (χ3n) is 2.32. The second kappa shape index (κ2) is 3.36. The summed E-state index contributed by atoms with van der Waals surface area (Å²) in [6, 6.07) is 3.26. The Bertz CT molecular complexity index is 536. The predicted molar refractivity (Wildman–Crippen MR) is 54.0 cm³/mol. The average molecular weight is 206 g/mol. The van der Waals surface area contributed by atoms with Crippen molar-refractivity contribution in [3.63, 3.8) is 0 Å². The molecule has 0 aliphatic rings. The smallest absolute Gasteiger partial charge is 0.211 e. The zero-order valence-corrected chi connectivity index (χ0v) is 8.19. The fourth-order valence-electron chi connectivity index (χ4n) is 1.49. The predicted octanol–water partition coefficient (Wildman–Crippen LogP) is 0.725. The zero-order chi connectivity index (χ0) is 11.0. The molecular formula is C10H10N2O3. The summed E-state index contributed by atoms with van der Waals surface area (Å²) in [7, 11) is 1.70. The number of nitrogens with zero attached hydrogens (tertiary/aromatic N) is 1. The number of Topliss-reactive ketones (excluding diaryl/α,β-unsaturated/α-hetero) is 1. The number of hydrogen-bond donors (Lipinski definition) is 1. The first-order valence-corrected chi connectivity index (χ1v) is 4.45. The van der Waals surface area contributed by atoms with Crippen molar-refractivity contribution in [2.75, 3.05) is 6.54 Å². The maximum atomic E-state index is 11.2. The summed E-state index contributed by atoms with van der Waals surface area (Å²) < 4.78 is 6.90. The van der Waals surface area contributed by atoms with Crippen molar-refractivity contribution >= 4 is 23.2 Å². The van der Waals surface area contributed by atoms with Crippen LogP contribution in [-0.2, 0) is 7.05 Å². The molecule has 2 aromatic rings. The molecule has 0 spiro atoms. The molecule has 0 unspecified atom stereocenters. The number of carbonyl (C=O) groups excluding carboxylic acids is 2. The largest absolute Gasteiger partial charge is 0.436 e. The number of carbonyl (C=O) groups is 2. The highest BCUT2D eigenvalue weighted by Gasteiger charge is 2.14. The van der Waals surface area contributed by atoms with Crippen LogP contribution >= 0.6 is 0 Å². The Hall–Kier alpha value is -1.88. The fraction of sp³-hybridized carbons (Fsp3) is 0.200. The highest BCUT2D eigenvalue weighted by atomic mass is 16.4. The van der Waals surface area contributed by atoms with E-state index in [-0.39, 0.29) is 18.1 Å². The summed E-state index contributed by atoms with van der Waals surface area (Å²) in [5, 5.41) is 0.733. The summed E-state index contributed by atoms with van der Waals surface area (Å²) >= 11 is 0. The number of furan rings is 1. The first-order valence-electron chi connectivity index (χ1n) is 4.45. The monoisotopic (exact) mass is 206 g/mol. The summed E-state index contributed by atoms with van der Waals surface area (Å²) in [4.78, 5) is 21.9. The lowest BCUT2D eigenvalue weighted by Crippen LogP contribution is -2.12. The Balaban J connectivity index is 2.59. The molecule has 0 aliphatic carbocycles. The molecule has 0 bridgehead atoms. The first kappa shape index (κ1) is 9.67. The molecule has 0 atom stereocenters. The fourth-order valence-corrected chi connectivity index (χ4v) is 1.49. The molecule has 0 saturated heterocycles. The SMILES string of the molecule is Cn1c(C=O)cc2cc(C(=O)CN)oc21. The molecule has 0 aliphatic heterocycles. The first-order chi connectivity index (χ1) is 7.17. The van der Waals surface area contributed by atoms with Crippen LogP contribution in [0.15, 0.2) is 16.5 Å². The number of fused-ring (bicyclic) bond motifs is 1. The van der Waals surface area contributed by atoms with E-state index in [1.165, 1.54) is 0 Å². The van der Waals surface area contributed by atoms with E-state index in [1.807, 2.05) is 0 Å². The van der Waals surface area contributed by atoms with Crippen LogP contribution in [0.2, 0.25) is 0 Å². The van der Waals surface area contributed by atoms with Crippen molar-refractivity contribution in [1.29, 1.82) is 0 Å². The van der Waals surface area contributed by atoms with Gasteiger partial charge in [-0.3, -0.25) is 9.59 Å². The van der Waals surface area contributed by atoms with Crippen LogP contribution in [-0.4, -0.2) is 23.2 Å². The topological polar surface area (TPSA) is 78.2 Å². The average Bonchev–Trinajstić information content (AvgIpc) is 2.77. The van der Waals surface area contributed by atoms with E-state index in [0.29, 0.717) is 11.4 Å². The van der Waals surface area contributed by atoms with Crippen molar-refractivity contribution in [3.05, 3.63) is 23.6 Å². The van der Waals surface area contributed by atoms with E-state index in [0.717, 1.165) is 11.7 Å². The Morgan fingerprint density at radius 1 is 1.60 bits per heavy atom. The molecule has 2 N–H and O–H groups in total. The number of hydrogen-bond acceptors (Lipinski definition) is 4. The van der Waals surface area contributed by atoms with Crippen molar-refractivity contribution < 1.29 is 14.0 Å². The van der Waals surface area contributed by atoms with Gasteiger partial charge >= 0.3 is 0 Å². The van der Waals surface area contributed by atoms with E-state index >= 15 is 0 Å². The molecule has 0 fully saturated rings. The molecular weight excluding hydrogens is 196 g/mol. The maximum Gasteiger partial charge on any atom is 0.211 e. The zero-order valence-electron chi connectivity index (χ0n) is 8.19. The van der Waals surface area contributed by atoms with Gasteiger partial charge in [0.1, 0.15) is 0 Å². The molecule has 5 nitrogen and oxygen atoms in total. The second-order valence-corrected chi connectivity index (χ2v) is 3.24. The Morgan fingerprint density at radius 3 is 2.87 bits per heavy atom. The minimum absolute atomic E-state index is 0.0830. The van der Waals surface area contributed by atoms with Gasteiger partial charge in [0.15, 0.2) is 12.0 Å². The Morgan fingerprint density at radius 2 is 2.33 bits per heavy atom. The molecule has 2 aromatic heterocycles. The Labute approximate surface area is 85.4 Å². The van der Waals surface area contributed by atoms with E-state index in [1.54, 1.807) is 23.7 Å². The third kappa shape index (κ3) is 1.37. The number of nitrogens with two attached hydrogens (primary N) is 1.